The molecule has 1 aromatic carbocycles. The van der Waals surface area contributed by atoms with Gasteiger partial charge in [0.1, 0.15) is 0 Å². The number of likely N-dealkylation sites (N-methyl/N-ethyl adjacent to an activating group) is 1. The lowest BCUT2D eigenvalue weighted by Crippen LogP contribution is -2.36. The maximum Gasteiger partial charge on any atom is 0.254 e. The van der Waals surface area contributed by atoms with Crippen LogP contribution < -0.4 is 0 Å². The van der Waals surface area contributed by atoms with Crippen LogP contribution in [0.5, 0.6) is 0 Å². The van der Waals surface area contributed by atoms with Crippen LogP contribution >= 0.6 is 0 Å². The summed E-state index contributed by atoms with van der Waals surface area (Å²) < 4.78 is 5.99. The summed E-state index contributed by atoms with van der Waals surface area (Å²) >= 11 is 0. The van der Waals surface area contributed by atoms with Gasteiger partial charge in [-0.25, -0.2) is 0 Å². The van der Waals surface area contributed by atoms with Crippen molar-refractivity contribution >= 4 is 14.2 Å². The molecule has 0 saturated carbocycles. The molecule has 0 aliphatic carbocycles. The molecule has 0 N–H and O–H groups in total. The van der Waals surface area contributed by atoms with E-state index < -0.39 is 14.4 Å². The molecule has 3 nitrogen and oxygen atoms in total. The highest BCUT2D eigenvalue weighted by Gasteiger charge is 2.28. The molecule has 0 bridgehead atoms. The van der Waals surface area contributed by atoms with Gasteiger partial charge < -0.3 is 9.33 Å². The molecular formula is C13H21NO2Si. The van der Waals surface area contributed by atoms with Crippen molar-refractivity contribution in [2.24, 2.45) is 0 Å². The Labute approximate surface area is 105 Å². The van der Waals surface area contributed by atoms with Crippen LogP contribution in [-0.2, 0) is 9.22 Å². The predicted octanol–water partition coefficient (Wildman–Crippen LogP) is 2.67. The summed E-state index contributed by atoms with van der Waals surface area (Å²) in [5, 5.41) is 0. The van der Waals surface area contributed by atoms with Crippen molar-refractivity contribution in [2.75, 3.05) is 14.1 Å². The first-order valence-electron chi connectivity index (χ1n) is 5.75. The highest BCUT2D eigenvalue weighted by molar-refractivity contribution is 6.69. The Bertz CT molecular complexity index is 371. The van der Waals surface area contributed by atoms with Gasteiger partial charge in [-0.15, -0.1) is 0 Å². The van der Waals surface area contributed by atoms with E-state index in [2.05, 4.69) is 19.6 Å². The van der Waals surface area contributed by atoms with E-state index >= 15 is 0 Å². The minimum atomic E-state index is -1.76. The molecule has 4 heteroatoms. The molecule has 0 fully saturated rings. The molecule has 0 radical (unpaired) electrons. The van der Waals surface area contributed by atoms with Crippen molar-refractivity contribution in [3.8, 4) is 0 Å². The van der Waals surface area contributed by atoms with Crippen molar-refractivity contribution in [3.05, 3.63) is 35.9 Å². The Morgan fingerprint density at radius 2 is 1.71 bits per heavy atom. The molecule has 94 valence electrons. The van der Waals surface area contributed by atoms with Crippen molar-refractivity contribution in [2.45, 2.75) is 25.7 Å². The highest BCUT2D eigenvalue weighted by Crippen LogP contribution is 2.23. The van der Waals surface area contributed by atoms with Crippen LogP contribution in [0.2, 0.25) is 19.6 Å². The monoisotopic (exact) mass is 251 g/mol. The number of nitrogens with zero attached hydrogens (tertiary/aromatic N) is 1. The van der Waals surface area contributed by atoms with Crippen molar-refractivity contribution in [3.63, 3.8) is 0 Å². The van der Waals surface area contributed by atoms with Crippen LogP contribution in [0, 0.1) is 0 Å². The normalized spacial score (nSPS) is 13.2. The molecule has 0 aliphatic heterocycles. The second kappa shape index (κ2) is 5.47. The van der Waals surface area contributed by atoms with E-state index in [1.165, 1.54) is 0 Å². The van der Waals surface area contributed by atoms with Crippen molar-refractivity contribution < 1.29 is 9.22 Å². The smallest absolute Gasteiger partial charge is 0.254 e. The van der Waals surface area contributed by atoms with Gasteiger partial charge in [-0.1, -0.05) is 30.3 Å². The first-order chi connectivity index (χ1) is 7.81. The fourth-order valence-corrected chi connectivity index (χ4v) is 2.42. The van der Waals surface area contributed by atoms with Gasteiger partial charge in [0, 0.05) is 14.1 Å². The molecule has 0 heterocycles. The predicted molar refractivity (Wildman–Crippen MR) is 72.3 cm³/mol. The first kappa shape index (κ1) is 13.9. The van der Waals surface area contributed by atoms with Crippen molar-refractivity contribution in [1.82, 2.24) is 4.90 Å². The Morgan fingerprint density at radius 1 is 1.18 bits per heavy atom. The molecule has 0 saturated heterocycles. The molecule has 0 aromatic heterocycles. The molecular weight excluding hydrogens is 230 g/mol. The fraction of sp³-hybridized carbons (Fsp3) is 0.462. The summed E-state index contributed by atoms with van der Waals surface area (Å²) in [6.45, 7) is 6.27. The van der Waals surface area contributed by atoms with Crippen LogP contribution in [-0.4, -0.2) is 33.2 Å². The third kappa shape index (κ3) is 4.32. The average Bonchev–Trinajstić information content (AvgIpc) is 2.25. The number of carbonyl (C=O) groups is 1. The highest BCUT2D eigenvalue weighted by atomic mass is 28.4. The Kier molecular flexibility index (Phi) is 4.48. The lowest BCUT2D eigenvalue weighted by molar-refractivity contribution is -0.136. The summed E-state index contributed by atoms with van der Waals surface area (Å²) in [5.74, 6) is -0.00127. The van der Waals surface area contributed by atoms with E-state index in [1.54, 1.807) is 19.0 Å². The molecule has 17 heavy (non-hydrogen) atoms. The van der Waals surface area contributed by atoms with E-state index in [0.29, 0.717) is 0 Å². The van der Waals surface area contributed by atoms with E-state index in [1.807, 2.05) is 30.3 Å². The van der Waals surface area contributed by atoms with Crippen LogP contribution in [0.25, 0.3) is 0 Å². The van der Waals surface area contributed by atoms with E-state index in [9.17, 15) is 4.79 Å². The number of hydrogen-bond donors (Lipinski definition) is 0. The fourth-order valence-electron chi connectivity index (χ4n) is 1.48. The van der Waals surface area contributed by atoms with Gasteiger partial charge in [-0.3, -0.25) is 4.79 Å². The Balaban J connectivity index is 2.99. The third-order valence-corrected chi connectivity index (χ3v) is 3.18. The molecule has 1 atom stereocenters. The third-order valence-electron chi connectivity index (χ3n) is 2.24. The van der Waals surface area contributed by atoms with Crippen LogP contribution in [0.15, 0.2) is 30.3 Å². The van der Waals surface area contributed by atoms with Crippen molar-refractivity contribution in [1.29, 1.82) is 0 Å². The van der Waals surface area contributed by atoms with Gasteiger partial charge in [0.2, 0.25) is 0 Å². The van der Waals surface area contributed by atoms with Crippen LogP contribution in [0.3, 0.4) is 0 Å². The molecule has 1 unspecified atom stereocenters. The SMILES string of the molecule is CN(C)C(=O)C(O[Si](C)(C)C)c1ccccc1. The Hall–Kier alpha value is -1.13. The van der Waals surface area contributed by atoms with Gasteiger partial charge in [0.25, 0.3) is 5.91 Å². The summed E-state index contributed by atoms with van der Waals surface area (Å²) in [7, 11) is 1.75. The van der Waals surface area contributed by atoms with Gasteiger partial charge in [0.15, 0.2) is 14.4 Å². The van der Waals surface area contributed by atoms with Gasteiger partial charge in [0.05, 0.1) is 0 Å². The van der Waals surface area contributed by atoms with Gasteiger partial charge in [-0.05, 0) is 25.2 Å². The second-order valence-electron chi connectivity index (χ2n) is 5.25. The summed E-state index contributed by atoms with van der Waals surface area (Å²) in [5.41, 5.74) is 0.925. The lowest BCUT2D eigenvalue weighted by Gasteiger charge is -2.28. The minimum Gasteiger partial charge on any atom is -0.402 e. The zero-order valence-electron chi connectivity index (χ0n) is 11.2. The number of amides is 1. The quantitative estimate of drug-likeness (QED) is 0.770. The number of rotatable bonds is 4. The Morgan fingerprint density at radius 3 is 2.12 bits per heavy atom. The van der Waals surface area contributed by atoms with E-state index in [0.717, 1.165) is 5.56 Å². The molecule has 0 aliphatic rings. The maximum atomic E-state index is 12.1. The summed E-state index contributed by atoms with van der Waals surface area (Å²) in [6.07, 6.45) is -0.474. The summed E-state index contributed by atoms with van der Waals surface area (Å²) in [6, 6.07) is 9.67. The zero-order valence-corrected chi connectivity index (χ0v) is 12.2. The van der Waals surface area contributed by atoms with Gasteiger partial charge in [-0.2, -0.15) is 0 Å². The van der Waals surface area contributed by atoms with Crippen LogP contribution in [0.1, 0.15) is 11.7 Å². The van der Waals surface area contributed by atoms with Gasteiger partial charge >= 0.3 is 0 Å². The number of carbonyl (C=O) groups excluding carboxylic acids is 1. The minimum absolute atomic E-state index is 0.00127. The zero-order chi connectivity index (χ0) is 13.1. The first-order valence-corrected chi connectivity index (χ1v) is 9.16. The lowest BCUT2D eigenvalue weighted by atomic mass is 10.1. The standard InChI is InChI=1S/C13H21NO2Si/c1-14(2)13(15)12(16-17(3,4)5)11-9-7-6-8-10-11/h6-10,12H,1-5H3. The molecule has 0 spiro atoms. The second-order valence-corrected chi connectivity index (χ2v) is 9.71. The molecule has 1 amide bonds. The molecule has 1 aromatic rings. The topological polar surface area (TPSA) is 29.5 Å². The number of benzene rings is 1. The average molecular weight is 251 g/mol. The van der Waals surface area contributed by atoms with E-state index in [4.69, 9.17) is 4.43 Å². The molecule has 1 rings (SSSR count). The summed E-state index contributed by atoms with van der Waals surface area (Å²) in [4.78, 5) is 13.7. The largest absolute Gasteiger partial charge is 0.402 e. The van der Waals surface area contributed by atoms with E-state index in [-0.39, 0.29) is 5.91 Å². The van der Waals surface area contributed by atoms with Crippen LogP contribution in [0.4, 0.5) is 0 Å². The number of hydrogen-bond acceptors (Lipinski definition) is 2. The maximum absolute atomic E-state index is 12.1.